The van der Waals surface area contributed by atoms with Crippen molar-refractivity contribution in [2.75, 3.05) is 5.32 Å². The molecule has 0 unspecified atom stereocenters. The van der Waals surface area contributed by atoms with Crippen LogP contribution in [-0.2, 0) is 6.54 Å². The summed E-state index contributed by atoms with van der Waals surface area (Å²) in [5.41, 5.74) is 4.66. The summed E-state index contributed by atoms with van der Waals surface area (Å²) < 4.78 is 0. The van der Waals surface area contributed by atoms with E-state index in [2.05, 4.69) is 26.7 Å². The van der Waals surface area contributed by atoms with Crippen molar-refractivity contribution in [2.45, 2.75) is 27.3 Å². The van der Waals surface area contributed by atoms with E-state index in [1.165, 1.54) is 11.1 Å². The summed E-state index contributed by atoms with van der Waals surface area (Å²) in [5.74, 6) is 0.930. The first kappa shape index (κ1) is 17.6. The zero-order chi connectivity index (χ0) is 18.5. The number of nitrogens with zero attached hydrogens (tertiary/aromatic N) is 2. The highest BCUT2D eigenvalue weighted by atomic mass is 16.1. The number of carbonyl (C=O) groups is 1. The molecule has 0 aliphatic carbocycles. The van der Waals surface area contributed by atoms with Crippen LogP contribution in [0.3, 0.4) is 0 Å². The van der Waals surface area contributed by atoms with E-state index < -0.39 is 0 Å². The molecule has 2 aromatic carbocycles. The summed E-state index contributed by atoms with van der Waals surface area (Å²) in [6.07, 6.45) is 0. The third-order valence-corrected chi connectivity index (χ3v) is 3.86. The van der Waals surface area contributed by atoms with E-state index in [4.69, 9.17) is 0 Å². The van der Waals surface area contributed by atoms with Crippen molar-refractivity contribution < 1.29 is 4.79 Å². The fourth-order valence-corrected chi connectivity index (χ4v) is 2.81. The quantitative estimate of drug-likeness (QED) is 0.731. The second-order valence-corrected chi connectivity index (χ2v) is 6.36. The van der Waals surface area contributed by atoms with E-state index in [-0.39, 0.29) is 5.91 Å². The number of carbonyl (C=O) groups excluding carboxylic acids is 1. The fourth-order valence-electron chi connectivity index (χ4n) is 2.81. The molecule has 3 aromatic rings. The minimum atomic E-state index is -0.220. The van der Waals surface area contributed by atoms with Crippen LogP contribution in [0, 0.1) is 20.8 Å². The average Bonchev–Trinajstić information content (AvgIpc) is 2.59. The smallest absolute Gasteiger partial charge is 0.270 e. The Balaban J connectivity index is 1.75. The van der Waals surface area contributed by atoms with Crippen molar-refractivity contribution in [3.63, 3.8) is 0 Å². The molecular formula is C21H22N4O. The van der Waals surface area contributed by atoms with Crippen LogP contribution < -0.4 is 10.6 Å². The van der Waals surface area contributed by atoms with Crippen molar-refractivity contribution in [3.05, 3.63) is 82.8 Å². The van der Waals surface area contributed by atoms with E-state index >= 15 is 0 Å². The molecule has 26 heavy (non-hydrogen) atoms. The SMILES string of the molecule is Cc1cc(C)cc(Nc2cc(C(=O)NCc3ccccc3)nc(C)n2)c1. The summed E-state index contributed by atoms with van der Waals surface area (Å²) in [5, 5.41) is 6.16. The van der Waals surface area contributed by atoms with E-state index in [1.807, 2.05) is 56.3 Å². The Morgan fingerprint density at radius 1 is 0.923 bits per heavy atom. The first-order valence-corrected chi connectivity index (χ1v) is 8.53. The Hall–Kier alpha value is -3.21. The van der Waals surface area contributed by atoms with E-state index in [1.54, 1.807) is 13.0 Å². The van der Waals surface area contributed by atoms with Crippen LogP contribution in [0.5, 0.6) is 0 Å². The summed E-state index contributed by atoms with van der Waals surface area (Å²) in [7, 11) is 0. The second-order valence-electron chi connectivity index (χ2n) is 6.36. The summed E-state index contributed by atoms with van der Waals surface area (Å²) in [6.45, 7) is 6.33. The number of benzene rings is 2. The van der Waals surface area contributed by atoms with Gasteiger partial charge in [-0.3, -0.25) is 4.79 Å². The molecule has 1 heterocycles. The minimum Gasteiger partial charge on any atom is -0.347 e. The lowest BCUT2D eigenvalue weighted by molar-refractivity contribution is 0.0945. The van der Waals surface area contributed by atoms with Gasteiger partial charge in [0.1, 0.15) is 17.3 Å². The first-order valence-electron chi connectivity index (χ1n) is 8.53. The number of aromatic nitrogens is 2. The van der Waals surface area contributed by atoms with Gasteiger partial charge in [-0.2, -0.15) is 0 Å². The number of aryl methyl sites for hydroxylation is 3. The molecule has 2 N–H and O–H groups in total. The molecular weight excluding hydrogens is 324 g/mol. The number of amides is 1. The Labute approximate surface area is 153 Å². The standard InChI is InChI=1S/C21H22N4O/c1-14-9-15(2)11-18(10-14)25-20-12-19(23-16(3)24-20)21(26)22-13-17-7-5-4-6-8-17/h4-12H,13H2,1-3H3,(H,22,26)(H,23,24,25). The van der Waals surface area contributed by atoms with E-state index in [0.717, 1.165) is 11.3 Å². The molecule has 0 saturated carbocycles. The first-order chi connectivity index (χ1) is 12.5. The zero-order valence-corrected chi connectivity index (χ0v) is 15.2. The summed E-state index contributed by atoms with van der Waals surface area (Å²) in [4.78, 5) is 21.1. The van der Waals surface area contributed by atoms with Gasteiger partial charge in [0.2, 0.25) is 0 Å². The van der Waals surface area contributed by atoms with E-state index in [9.17, 15) is 4.79 Å². The molecule has 5 nitrogen and oxygen atoms in total. The van der Waals surface area contributed by atoms with Gasteiger partial charge in [-0.15, -0.1) is 0 Å². The van der Waals surface area contributed by atoms with Gasteiger partial charge in [0, 0.05) is 18.3 Å². The van der Waals surface area contributed by atoms with Crippen LogP contribution in [0.15, 0.2) is 54.6 Å². The van der Waals surface area contributed by atoms with Gasteiger partial charge in [0.05, 0.1) is 0 Å². The average molecular weight is 346 g/mol. The molecule has 1 aromatic heterocycles. The summed E-state index contributed by atoms with van der Waals surface area (Å²) in [6, 6.07) is 17.6. The molecule has 5 heteroatoms. The van der Waals surface area contributed by atoms with Crippen molar-refractivity contribution in [1.29, 1.82) is 0 Å². The monoisotopic (exact) mass is 346 g/mol. The van der Waals surface area contributed by atoms with Gasteiger partial charge >= 0.3 is 0 Å². The Morgan fingerprint density at radius 2 is 1.62 bits per heavy atom. The number of anilines is 2. The van der Waals surface area contributed by atoms with Gasteiger partial charge in [-0.1, -0.05) is 36.4 Å². The third-order valence-electron chi connectivity index (χ3n) is 3.86. The lowest BCUT2D eigenvalue weighted by Crippen LogP contribution is -2.24. The lowest BCUT2D eigenvalue weighted by Gasteiger charge is -2.10. The van der Waals surface area contributed by atoms with Crippen LogP contribution in [0.4, 0.5) is 11.5 Å². The number of hydrogen-bond acceptors (Lipinski definition) is 4. The molecule has 0 bridgehead atoms. The van der Waals surface area contributed by atoms with Gasteiger partial charge in [0.15, 0.2) is 0 Å². The second kappa shape index (κ2) is 7.78. The maximum Gasteiger partial charge on any atom is 0.270 e. The third kappa shape index (κ3) is 4.66. The van der Waals surface area contributed by atoms with Gasteiger partial charge < -0.3 is 10.6 Å². The molecule has 0 aliphatic rings. The maximum absolute atomic E-state index is 12.5. The highest BCUT2D eigenvalue weighted by Crippen LogP contribution is 2.19. The zero-order valence-electron chi connectivity index (χ0n) is 15.2. The molecule has 0 radical (unpaired) electrons. The molecule has 0 spiro atoms. The normalized spacial score (nSPS) is 10.4. The molecule has 1 amide bonds. The Morgan fingerprint density at radius 3 is 2.31 bits per heavy atom. The van der Waals surface area contributed by atoms with Crippen LogP contribution in [0.2, 0.25) is 0 Å². The number of hydrogen-bond donors (Lipinski definition) is 2. The highest BCUT2D eigenvalue weighted by molar-refractivity contribution is 5.93. The number of rotatable bonds is 5. The number of nitrogens with one attached hydrogen (secondary N) is 2. The van der Waals surface area contributed by atoms with Crippen LogP contribution in [-0.4, -0.2) is 15.9 Å². The van der Waals surface area contributed by atoms with Crippen molar-refractivity contribution in [1.82, 2.24) is 15.3 Å². The molecule has 0 saturated heterocycles. The maximum atomic E-state index is 12.5. The van der Waals surface area contributed by atoms with Crippen molar-refractivity contribution in [3.8, 4) is 0 Å². The van der Waals surface area contributed by atoms with Crippen LogP contribution in [0.1, 0.15) is 33.0 Å². The minimum absolute atomic E-state index is 0.220. The topological polar surface area (TPSA) is 66.9 Å². The van der Waals surface area contributed by atoms with Gasteiger partial charge in [-0.05, 0) is 49.6 Å². The van der Waals surface area contributed by atoms with Crippen LogP contribution in [0.25, 0.3) is 0 Å². The molecule has 3 rings (SSSR count). The predicted octanol–water partition coefficient (Wildman–Crippen LogP) is 4.08. The Bertz CT molecular complexity index is 902. The highest BCUT2D eigenvalue weighted by Gasteiger charge is 2.11. The van der Waals surface area contributed by atoms with Crippen molar-refractivity contribution in [2.24, 2.45) is 0 Å². The molecule has 0 aliphatic heterocycles. The van der Waals surface area contributed by atoms with E-state index in [0.29, 0.717) is 23.9 Å². The molecule has 0 fully saturated rings. The van der Waals surface area contributed by atoms with Crippen molar-refractivity contribution >= 4 is 17.4 Å². The lowest BCUT2D eigenvalue weighted by atomic mass is 10.1. The Kier molecular flexibility index (Phi) is 5.27. The largest absolute Gasteiger partial charge is 0.347 e. The summed E-state index contributed by atoms with van der Waals surface area (Å²) >= 11 is 0. The molecule has 0 atom stereocenters. The predicted molar refractivity (Wildman–Crippen MR) is 104 cm³/mol. The van der Waals surface area contributed by atoms with Crippen LogP contribution >= 0.6 is 0 Å². The fraction of sp³-hybridized carbons (Fsp3) is 0.190. The molecule has 132 valence electrons. The van der Waals surface area contributed by atoms with Gasteiger partial charge in [0.25, 0.3) is 5.91 Å². The van der Waals surface area contributed by atoms with Gasteiger partial charge in [-0.25, -0.2) is 9.97 Å².